The molecule has 1 aromatic heterocycles. The Morgan fingerprint density at radius 1 is 1.18 bits per heavy atom. The molecule has 0 N–H and O–H groups in total. The van der Waals surface area contributed by atoms with Crippen LogP contribution in [0.3, 0.4) is 0 Å². The van der Waals surface area contributed by atoms with Crippen LogP contribution in [0.2, 0.25) is 0 Å². The lowest BCUT2D eigenvalue weighted by atomic mass is 9.92. The maximum atomic E-state index is 4.24. The Labute approximate surface area is 103 Å². The lowest BCUT2D eigenvalue weighted by Crippen LogP contribution is -2.11. The lowest BCUT2D eigenvalue weighted by molar-refractivity contribution is 0.460. The summed E-state index contributed by atoms with van der Waals surface area (Å²) in [5.41, 5.74) is 2.62. The van der Waals surface area contributed by atoms with Crippen LogP contribution in [0.15, 0.2) is 42.9 Å². The van der Waals surface area contributed by atoms with E-state index in [0.29, 0.717) is 0 Å². The van der Waals surface area contributed by atoms with E-state index in [1.807, 2.05) is 18.6 Å². The van der Waals surface area contributed by atoms with Gasteiger partial charge in [0, 0.05) is 6.54 Å². The van der Waals surface area contributed by atoms with E-state index in [4.69, 9.17) is 0 Å². The van der Waals surface area contributed by atoms with Gasteiger partial charge in [-0.2, -0.15) is 0 Å². The number of aromatic nitrogens is 2. The second-order valence-corrected chi connectivity index (χ2v) is 5.37. The normalized spacial score (nSPS) is 11.7. The first kappa shape index (κ1) is 11.9. The predicted molar refractivity (Wildman–Crippen MR) is 71.4 cm³/mol. The van der Waals surface area contributed by atoms with Crippen LogP contribution in [0, 0.1) is 11.8 Å². The number of imidazole rings is 1. The first-order valence-corrected chi connectivity index (χ1v) is 5.96. The van der Waals surface area contributed by atoms with Crippen LogP contribution in [-0.4, -0.2) is 9.55 Å². The van der Waals surface area contributed by atoms with Crippen LogP contribution < -0.4 is 0 Å². The number of hydrogen-bond donors (Lipinski definition) is 0. The molecular formula is C15H19N2. The molecule has 0 spiro atoms. The molecule has 2 rings (SSSR count). The zero-order chi connectivity index (χ0) is 12.3. The summed E-state index contributed by atoms with van der Waals surface area (Å²) < 4.78 is 2.18. The first-order valence-electron chi connectivity index (χ1n) is 5.96. The average Bonchev–Trinajstić information content (AvgIpc) is 2.75. The summed E-state index contributed by atoms with van der Waals surface area (Å²) in [5.74, 6) is 0. The highest BCUT2D eigenvalue weighted by atomic mass is 15.0. The second-order valence-electron chi connectivity index (χ2n) is 5.37. The predicted octanol–water partition coefficient (Wildman–Crippen LogP) is 3.80. The van der Waals surface area contributed by atoms with Crippen molar-refractivity contribution in [2.75, 3.05) is 0 Å². The van der Waals surface area contributed by atoms with E-state index in [1.54, 1.807) is 0 Å². The van der Waals surface area contributed by atoms with Crippen molar-refractivity contribution in [2.24, 2.45) is 5.41 Å². The summed E-state index contributed by atoms with van der Waals surface area (Å²) in [6, 6.07) is 10.4. The molecule has 0 saturated heterocycles. The summed E-state index contributed by atoms with van der Waals surface area (Å²) in [7, 11) is 0. The Balaban J connectivity index is 2.18. The van der Waals surface area contributed by atoms with Crippen LogP contribution in [0.25, 0.3) is 11.3 Å². The largest absolute Gasteiger partial charge is 0.330 e. The molecule has 0 saturated carbocycles. The molecule has 1 radical (unpaired) electrons. The summed E-state index contributed by atoms with van der Waals surface area (Å²) >= 11 is 0. The first-order chi connectivity index (χ1) is 8.06. The molecule has 0 unspecified atom stereocenters. The van der Waals surface area contributed by atoms with Gasteiger partial charge in [-0.3, -0.25) is 0 Å². The van der Waals surface area contributed by atoms with E-state index in [-0.39, 0.29) is 5.41 Å². The highest BCUT2D eigenvalue weighted by Crippen LogP contribution is 2.22. The van der Waals surface area contributed by atoms with Gasteiger partial charge in [0.2, 0.25) is 0 Å². The van der Waals surface area contributed by atoms with Crippen LogP contribution in [0.1, 0.15) is 20.8 Å². The Morgan fingerprint density at radius 3 is 2.53 bits per heavy atom. The molecular weight excluding hydrogens is 208 g/mol. The van der Waals surface area contributed by atoms with Crippen molar-refractivity contribution in [3.05, 3.63) is 49.3 Å². The molecule has 1 heterocycles. The number of nitrogens with zero attached hydrogens (tertiary/aromatic N) is 2. The van der Waals surface area contributed by atoms with Gasteiger partial charge in [-0.25, -0.2) is 4.98 Å². The molecule has 2 aromatic rings. The second kappa shape index (κ2) is 4.74. The Hall–Kier alpha value is -1.57. The van der Waals surface area contributed by atoms with Crippen molar-refractivity contribution in [3.63, 3.8) is 0 Å². The summed E-state index contributed by atoms with van der Waals surface area (Å²) in [6.07, 6.45) is 6.12. The quantitative estimate of drug-likeness (QED) is 0.779. The maximum Gasteiger partial charge on any atom is 0.0951 e. The number of rotatable bonds is 3. The third-order valence-electron chi connectivity index (χ3n) is 2.68. The highest BCUT2D eigenvalue weighted by molar-refractivity contribution is 5.58. The molecule has 2 heteroatoms. The van der Waals surface area contributed by atoms with Gasteiger partial charge < -0.3 is 4.57 Å². The minimum atomic E-state index is 0.234. The SMILES string of the molecule is CC(C)(C)[CH]Cn1cncc1-c1ccccc1. The molecule has 0 amide bonds. The molecule has 0 fully saturated rings. The molecule has 2 nitrogen and oxygen atoms in total. The van der Waals surface area contributed by atoms with Gasteiger partial charge in [0.15, 0.2) is 0 Å². The fourth-order valence-electron chi connectivity index (χ4n) is 1.69. The van der Waals surface area contributed by atoms with Gasteiger partial charge in [-0.05, 0) is 17.4 Å². The minimum absolute atomic E-state index is 0.234. The number of benzene rings is 1. The van der Waals surface area contributed by atoms with Crippen molar-refractivity contribution in [3.8, 4) is 11.3 Å². The van der Waals surface area contributed by atoms with Crippen LogP contribution in [0.4, 0.5) is 0 Å². The third kappa shape index (κ3) is 3.19. The third-order valence-corrected chi connectivity index (χ3v) is 2.68. The minimum Gasteiger partial charge on any atom is -0.330 e. The van der Waals surface area contributed by atoms with Crippen molar-refractivity contribution >= 4 is 0 Å². The molecule has 0 aliphatic rings. The van der Waals surface area contributed by atoms with E-state index in [9.17, 15) is 0 Å². The zero-order valence-corrected chi connectivity index (χ0v) is 10.7. The standard InChI is InChI=1S/C15H19N2/c1-15(2,3)9-10-17-12-16-11-14(17)13-7-5-4-6-8-13/h4-9,11-12H,10H2,1-3H3. The van der Waals surface area contributed by atoms with E-state index >= 15 is 0 Å². The molecule has 1 aromatic carbocycles. The van der Waals surface area contributed by atoms with Gasteiger partial charge in [0.1, 0.15) is 0 Å². The fourth-order valence-corrected chi connectivity index (χ4v) is 1.69. The molecule has 0 bridgehead atoms. The average molecular weight is 227 g/mol. The smallest absolute Gasteiger partial charge is 0.0951 e. The van der Waals surface area contributed by atoms with Crippen molar-refractivity contribution in [2.45, 2.75) is 27.3 Å². The Kier molecular flexibility index (Phi) is 3.32. The van der Waals surface area contributed by atoms with Gasteiger partial charge in [-0.15, -0.1) is 0 Å². The molecule has 0 aliphatic heterocycles. The van der Waals surface area contributed by atoms with Crippen LogP contribution in [0.5, 0.6) is 0 Å². The van der Waals surface area contributed by atoms with E-state index < -0.39 is 0 Å². The van der Waals surface area contributed by atoms with Crippen molar-refractivity contribution in [1.29, 1.82) is 0 Å². The molecule has 0 aliphatic carbocycles. The highest BCUT2D eigenvalue weighted by Gasteiger charge is 2.12. The lowest BCUT2D eigenvalue weighted by Gasteiger charge is -2.18. The summed E-state index contributed by atoms with van der Waals surface area (Å²) in [4.78, 5) is 4.24. The van der Waals surface area contributed by atoms with Crippen molar-refractivity contribution in [1.82, 2.24) is 9.55 Å². The van der Waals surface area contributed by atoms with Crippen LogP contribution in [-0.2, 0) is 6.54 Å². The summed E-state index contributed by atoms with van der Waals surface area (Å²) in [5, 5.41) is 0. The van der Waals surface area contributed by atoms with Gasteiger partial charge in [-0.1, -0.05) is 51.1 Å². The van der Waals surface area contributed by atoms with Crippen molar-refractivity contribution < 1.29 is 0 Å². The topological polar surface area (TPSA) is 17.8 Å². The summed E-state index contributed by atoms with van der Waals surface area (Å²) in [6.45, 7) is 7.54. The maximum absolute atomic E-state index is 4.24. The molecule has 0 atom stereocenters. The Morgan fingerprint density at radius 2 is 1.88 bits per heavy atom. The van der Waals surface area contributed by atoms with E-state index in [2.05, 4.69) is 61.0 Å². The van der Waals surface area contributed by atoms with Gasteiger partial charge in [0.05, 0.1) is 18.2 Å². The molecule has 89 valence electrons. The van der Waals surface area contributed by atoms with E-state index in [0.717, 1.165) is 6.54 Å². The van der Waals surface area contributed by atoms with Gasteiger partial charge >= 0.3 is 0 Å². The zero-order valence-electron chi connectivity index (χ0n) is 10.7. The number of hydrogen-bond acceptors (Lipinski definition) is 1. The monoisotopic (exact) mass is 227 g/mol. The fraction of sp³-hybridized carbons (Fsp3) is 0.333. The molecule has 17 heavy (non-hydrogen) atoms. The van der Waals surface area contributed by atoms with Gasteiger partial charge in [0.25, 0.3) is 0 Å². The van der Waals surface area contributed by atoms with E-state index in [1.165, 1.54) is 11.3 Å². The van der Waals surface area contributed by atoms with Crippen LogP contribution >= 0.6 is 0 Å². The Bertz CT molecular complexity index is 463.